The third kappa shape index (κ3) is 7.40. The highest BCUT2D eigenvalue weighted by Gasteiger charge is 2.75. The monoisotopic (exact) mass is 739 g/mol. The largest absolute Gasteiger partial charge is 0.455 e. The smallest absolute Gasteiger partial charge is 0.313 e. The van der Waals surface area contributed by atoms with E-state index in [-0.39, 0.29) is 25.3 Å². The van der Waals surface area contributed by atoms with Crippen LogP contribution in [0.15, 0.2) is 110 Å². The fraction of sp³-hybridized carbons (Fsp3) is 0.381. The maximum absolute atomic E-state index is 15.0. The lowest BCUT2D eigenvalue weighted by atomic mass is 9.70. The number of rotatable bonds is 16. The van der Waals surface area contributed by atoms with E-state index in [1.165, 1.54) is 9.80 Å². The summed E-state index contributed by atoms with van der Waals surface area (Å²) in [7, 11) is 0. The van der Waals surface area contributed by atoms with Crippen LogP contribution in [0.3, 0.4) is 0 Å². The van der Waals surface area contributed by atoms with Crippen molar-refractivity contribution in [2.45, 2.75) is 75.0 Å². The zero-order valence-corrected chi connectivity index (χ0v) is 30.6. The molecule has 0 aliphatic carbocycles. The van der Waals surface area contributed by atoms with Gasteiger partial charge in [0.1, 0.15) is 17.7 Å². The van der Waals surface area contributed by atoms with E-state index in [2.05, 4.69) is 18.5 Å². The number of carbonyl (C=O) groups excluding carboxylic acids is 4. The molecule has 3 aromatic carbocycles. The minimum Gasteiger partial charge on any atom is -0.455 e. The van der Waals surface area contributed by atoms with Crippen LogP contribution in [-0.2, 0) is 35.1 Å². The van der Waals surface area contributed by atoms with Crippen LogP contribution in [0.25, 0.3) is 0 Å². The first kappa shape index (κ1) is 38.0. The van der Waals surface area contributed by atoms with Crippen LogP contribution in [0.2, 0.25) is 5.02 Å². The molecule has 3 aromatic rings. The minimum absolute atomic E-state index is 0.0917. The molecule has 3 amide bonds. The van der Waals surface area contributed by atoms with Crippen molar-refractivity contribution in [3.05, 3.63) is 126 Å². The summed E-state index contributed by atoms with van der Waals surface area (Å²) in [5.41, 5.74) is 0.602. The number of halogens is 1. The highest BCUT2D eigenvalue weighted by atomic mass is 35.5. The average molecular weight is 740 g/mol. The molecular formula is C42H46ClN3O7. The summed E-state index contributed by atoms with van der Waals surface area (Å²) in [6.45, 7) is 8.99. The maximum atomic E-state index is 15.0. The van der Waals surface area contributed by atoms with E-state index in [4.69, 9.17) is 21.1 Å². The number of allylic oxidation sites excluding steroid dienone is 1. The highest BCUT2D eigenvalue weighted by molar-refractivity contribution is 6.34. The van der Waals surface area contributed by atoms with Gasteiger partial charge in [-0.2, -0.15) is 0 Å². The van der Waals surface area contributed by atoms with Crippen LogP contribution >= 0.6 is 11.6 Å². The van der Waals surface area contributed by atoms with Gasteiger partial charge in [0.05, 0.1) is 47.3 Å². The zero-order chi connectivity index (χ0) is 37.7. The van der Waals surface area contributed by atoms with Gasteiger partial charge in [0, 0.05) is 13.0 Å². The molecule has 3 aliphatic rings. The Morgan fingerprint density at radius 1 is 1.06 bits per heavy atom. The number of para-hydroxylation sites is 1. The molecule has 6 rings (SSSR count). The van der Waals surface area contributed by atoms with Gasteiger partial charge in [0.15, 0.2) is 0 Å². The fourth-order valence-electron chi connectivity index (χ4n) is 8.36. The second-order valence-electron chi connectivity index (χ2n) is 14.0. The molecule has 0 saturated carbocycles. The minimum atomic E-state index is -1.37. The molecule has 10 nitrogen and oxygen atoms in total. The number of benzene rings is 3. The predicted octanol–water partition coefficient (Wildman–Crippen LogP) is 5.59. The van der Waals surface area contributed by atoms with Gasteiger partial charge < -0.3 is 29.7 Å². The summed E-state index contributed by atoms with van der Waals surface area (Å²) in [6.07, 6.45) is 3.45. The van der Waals surface area contributed by atoms with Crippen molar-refractivity contribution in [1.82, 2.24) is 10.2 Å². The van der Waals surface area contributed by atoms with E-state index in [1.54, 1.807) is 43.3 Å². The van der Waals surface area contributed by atoms with E-state index in [9.17, 15) is 19.5 Å². The first-order chi connectivity index (χ1) is 25.6. The topological polar surface area (TPSA) is 125 Å². The first-order valence-corrected chi connectivity index (χ1v) is 18.5. The molecule has 3 heterocycles. The van der Waals surface area contributed by atoms with Gasteiger partial charge in [0.25, 0.3) is 5.91 Å². The lowest BCUT2D eigenvalue weighted by molar-refractivity contribution is -0.162. The van der Waals surface area contributed by atoms with E-state index >= 15 is 4.79 Å². The van der Waals surface area contributed by atoms with Crippen LogP contribution in [0.5, 0.6) is 0 Å². The van der Waals surface area contributed by atoms with Crippen molar-refractivity contribution in [3.8, 4) is 0 Å². The number of aliphatic hydroxyl groups is 1. The number of hydrogen-bond acceptors (Lipinski definition) is 7. The Labute approximate surface area is 315 Å². The maximum Gasteiger partial charge on any atom is 0.313 e. The van der Waals surface area contributed by atoms with Crippen LogP contribution < -0.4 is 10.2 Å². The fourth-order valence-corrected chi connectivity index (χ4v) is 8.60. The van der Waals surface area contributed by atoms with Crippen molar-refractivity contribution in [1.29, 1.82) is 0 Å². The summed E-state index contributed by atoms with van der Waals surface area (Å²) in [4.78, 5) is 60.2. The number of esters is 1. The van der Waals surface area contributed by atoms with Crippen molar-refractivity contribution < 1.29 is 33.8 Å². The molecule has 3 saturated heterocycles. The molecule has 11 heteroatoms. The molecule has 0 radical (unpaired) electrons. The number of fused-ring (bicyclic) bond motifs is 1. The van der Waals surface area contributed by atoms with Gasteiger partial charge >= 0.3 is 5.97 Å². The van der Waals surface area contributed by atoms with E-state index < -0.39 is 72.2 Å². The number of ether oxygens (including phenoxy) is 2. The normalized spacial score (nSPS) is 24.5. The Balaban J connectivity index is 1.38. The third-order valence-corrected chi connectivity index (χ3v) is 11.0. The number of aliphatic hydroxyl groups excluding tert-OH is 1. The molecule has 3 fully saturated rings. The van der Waals surface area contributed by atoms with Gasteiger partial charge in [0.2, 0.25) is 11.8 Å². The van der Waals surface area contributed by atoms with E-state index in [0.29, 0.717) is 35.5 Å². The molecule has 3 aliphatic heterocycles. The van der Waals surface area contributed by atoms with Crippen LogP contribution in [0.1, 0.15) is 49.8 Å². The molecule has 0 aromatic heterocycles. The van der Waals surface area contributed by atoms with Crippen LogP contribution in [0, 0.1) is 11.8 Å². The lowest BCUT2D eigenvalue weighted by Gasteiger charge is -2.39. The Hall–Kier alpha value is -4.77. The molecule has 8 atom stereocenters. The molecule has 278 valence electrons. The van der Waals surface area contributed by atoms with Crippen LogP contribution in [-0.4, -0.2) is 76.7 Å². The number of anilines is 1. The standard InChI is InChI=1S/C42H46ClN3O7/c1-4-6-21-34(48)44-27(3)37(29-17-11-8-12-18-29)52-41(51)35-33-22-23-42(53-33)36(35)39(49)46(30(26-47)25-28-15-9-7-10-16-28)38(42)40(50)45(24-5-2)32-20-14-13-19-31(32)43/h4-5,7-20,27,30,33,35-38,47H,1-2,6,21-26H2,3H3,(H,44,48)/t27-,30-,33+,35-,36-,37-,38+,42-/m1/s1. The first-order valence-electron chi connectivity index (χ1n) is 18.1. The Morgan fingerprint density at radius 2 is 1.74 bits per heavy atom. The van der Waals surface area contributed by atoms with Gasteiger partial charge in [-0.05, 0) is 55.9 Å². The van der Waals surface area contributed by atoms with Gasteiger partial charge in [-0.1, -0.05) is 96.5 Å². The number of likely N-dealkylation sites (tertiary alicyclic amines) is 1. The lowest BCUT2D eigenvalue weighted by Crippen LogP contribution is -2.59. The quantitative estimate of drug-likeness (QED) is 0.145. The second-order valence-corrected chi connectivity index (χ2v) is 14.4. The Bertz CT molecular complexity index is 1820. The molecule has 2 N–H and O–H groups in total. The molecule has 53 heavy (non-hydrogen) atoms. The molecule has 0 unspecified atom stereocenters. The number of nitrogens with one attached hydrogen (secondary N) is 1. The number of amides is 3. The van der Waals surface area contributed by atoms with Crippen molar-refractivity contribution in [3.63, 3.8) is 0 Å². The van der Waals surface area contributed by atoms with Crippen molar-refractivity contribution in [2.24, 2.45) is 11.8 Å². The molecule has 1 spiro atoms. The summed E-state index contributed by atoms with van der Waals surface area (Å²) >= 11 is 6.63. The summed E-state index contributed by atoms with van der Waals surface area (Å²) in [5, 5.41) is 14.2. The second kappa shape index (κ2) is 16.5. The Kier molecular flexibility index (Phi) is 11.8. The average Bonchev–Trinajstić information content (AvgIpc) is 3.82. The molecule has 2 bridgehead atoms. The summed E-state index contributed by atoms with van der Waals surface area (Å²) in [5.74, 6) is -3.86. The predicted molar refractivity (Wildman–Crippen MR) is 202 cm³/mol. The SMILES string of the molecule is C=CCCC(=O)N[C@H](C)[C@@H](OC(=O)[C@@H]1[C@@H]2CC[C@]3(O2)[C@H](C(=O)N(CC=C)c2ccccc2Cl)N([C@@H](CO)Cc2ccccc2)C(=O)[C@@H]13)c1ccccc1. The van der Waals surface area contributed by atoms with Gasteiger partial charge in [-0.15, -0.1) is 13.2 Å². The number of carbonyl (C=O) groups is 4. The highest BCUT2D eigenvalue weighted by Crippen LogP contribution is 2.59. The number of hydrogen-bond donors (Lipinski definition) is 2. The van der Waals surface area contributed by atoms with Crippen LogP contribution in [0.4, 0.5) is 5.69 Å². The zero-order valence-electron chi connectivity index (χ0n) is 29.8. The van der Waals surface area contributed by atoms with Gasteiger partial charge in [-0.25, -0.2) is 0 Å². The Morgan fingerprint density at radius 3 is 2.40 bits per heavy atom. The summed E-state index contributed by atoms with van der Waals surface area (Å²) in [6, 6.07) is 22.9. The van der Waals surface area contributed by atoms with Gasteiger partial charge in [-0.3, -0.25) is 19.2 Å². The van der Waals surface area contributed by atoms with E-state index in [0.717, 1.165) is 5.56 Å². The summed E-state index contributed by atoms with van der Waals surface area (Å²) < 4.78 is 13.0. The van der Waals surface area contributed by atoms with Crippen molar-refractivity contribution >= 4 is 41.0 Å². The third-order valence-electron chi connectivity index (χ3n) is 10.7. The number of nitrogens with zero attached hydrogens (tertiary/aromatic N) is 2. The molecular weight excluding hydrogens is 694 g/mol. The van der Waals surface area contributed by atoms with E-state index in [1.807, 2.05) is 60.7 Å². The van der Waals surface area contributed by atoms with Crippen molar-refractivity contribution in [2.75, 3.05) is 18.1 Å².